The molecule has 0 saturated heterocycles. The highest BCUT2D eigenvalue weighted by molar-refractivity contribution is 6.22. The summed E-state index contributed by atoms with van der Waals surface area (Å²) in [5.41, 5.74) is 4.91. The Labute approximate surface area is 249 Å². The second kappa shape index (κ2) is 10.0. The molecular weight excluding hydrogens is 538 g/mol. The highest BCUT2D eigenvalue weighted by Crippen LogP contribution is 2.43. The van der Waals surface area contributed by atoms with Gasteiger partial charge >= 0.3 is 0 Å². The molecule has 3 aliphatic rings. The highest BCUT2D eigenvalue weighted by Gasteiger charge is 2.48. The van der Waals surface area contributed by atoms with E-state index >= 15 is 0 Å². The van der Waals surface area contributed by atoms with E-state index in [0.717, 1.165) is 32.8 Å². The fraction of sp³-hybridized carbons (Fsp3) is 0.229. The first-order chi connectivity index (χ1) is 20.8. The second-order valence-electron chi connectivity index (χ2n) is 11.8. The van der Waals surface area contributed by atoms with Crippen molar-refractivity contribution >= 4 is 46.8 Å². The van der Waals surface area contributed by atoms with E-state index in [1.807, 2.05) is 83.5 Å². The van der Waals surface area contributed by atoms with Gasteiger partial charge in [0, 0.05) is 17.7 Å². The van der Waals surface area contributed by atoms with Gasteiger partial charge in [-0.1, -0.05) is 68.5 Å². The number of carbonyl (C=O) groups is 3. The van der Waals surface area contributed by atoms with Gasteiger partial charge in [-0.05, 0) is 63.7 Å². The number of benzene rings is 3. The zero-order chi connectivity index (χ0) is 29.9. The molecule has 1 aromatic heterocycles. The smallest absolute Gasteiger partial charge is 0.243 e. The Balaban J connectivity index is 1.24. The minimum Gasteiger partial charge on any atom is -0.340 e. The lowest BCUT2D eigenvalue weighted by atomic mass is 9.77. The number of aromatic nitrogens is 2. The van der Waals surface area contributed by atoms with Crippen LogP contribution in [0.15, 0.2) is 73.2 Å². The summed E-state index contributed by atoms with van der Waals surface area (Å²) in [5, 5.41) is 4.72. The molecule has 7 rings (SSSR count). The highest BCUT2D eigenvalue weighted by atomic mass is 16.2. The van der Waals surface area contributed by atoms with Gasteiger partial charge < -0.3 is 15.1 Å². The van der Waals surface area contributed by atoms with E-state index in [-0.39, 0.29) is 37.1 Å². The van der Waals surface area contributed by atoms with Crippen molar-refractivity contribution in [1.29, 1.82) is 0 Å². The first kappa shape index (κ1) is 26.8. The summed E-state index contributed by atoms with van der Waals surface area (Å²) in [7, 11) is 0. The van der Waals surface area contributed by atoms with Crippen LogP contribution in [0.25, 0.3) is 23.3 Å². The minimum atomic E-state index is -1.08. The quantitative estimate of drug-likeness (QED) is 0.386. The summed E-state index contributed by atoms with van der Waals surface area (Å²) in [5.74, 6) is 0.796. The van der Waals surface area contributed by atoms with Crippen LogP contribution in [0.4, 0.5) is 17.2 Å². The maximum atomic E-state index is 13.9. The average molecular weight is 570 g/mol. The second-order valence-corrected chi connectivity index (χ2v) is 11.8. The van der Waals surface area contributed by atoms with Crippen LogP contribution < -0.4 is 25.6 Å². The third-order valence-electron chi connectivity index (χ3n) is 8.92. The standard InChI is InChI=1S/C35H31N5O3/c1-21(2)22-8-10-23(11-9-22)38-33(43)18-39-20-40(34-30(39)17-36-19-37-34)35(3)29-14-12-25-24-6-4-5-7-27(24)31(41)16-28(25)26(29)13-15-32(35)42/h4-14,16-17,19,21H,15,18,20H2,1-3H3,(H,38,43). The van der Waals surface area contributed by atoms with Crippen molar-refractivity contribution in [3.8, 4) is 11.1 Å². The third kappa shape index (κ3) is 4.24. The van der Waals surface area contributed by atoms with Gasteiger partial charge in [-0.2, -0.15) is 0 Å². The molecule has 1 amide bonds. The molecule has 0 radical (unpaired) electrons. The van der Waals surface area contributed by atoms with Crippen LogP contribution in [0, 0.1) is 0 Å². The van der Waals surface area contributed by atoms with Gasteiger partial charge in [-0.15, -0.1) is 0 Å². The largest absolute Gasteiger partial charge is 0.340 e. The molecular formula is C35H31N5O3. The molecule has 2 heterocycles. The molecule has 4 aromatic rings. The SMILES string of the molecule is CC(C)c1ccc(NC(=O)CN2CN(C3(C)C(=O)CC=c4c3ccc3c4=CC(=O)c4ccccc4-3)c3ncncc32)cc1. The number of ketones is 2. The Morgan fingerprint density at radius 3 is 2.51 bits per heavy atom. The van der Waals surface area contributed by atoms with Crippen molar-refractivity contribution in [3.63, 3.8) is 0 Å². The summed E-state index contributed by atoms with van der Waals surface area (Å²) >= 11 is 0. The van der Waals surface area contributed by atoms with Gasteiger partial charge in [0.1, 0.15) is 17.6 Å². The molecule has 0 bridgehead atoms. The number of Topliss-reactive ketones (excluding diaryl/α,β-unsaturated/α-hetero) is 2. The number of fused-ring (bicyclic) bond motifs is 6. The molecule has 2 aliphatic carbocycles. The number of nitrogens with zero attached hydrogens (tertiary/aromatic N) is 4. The summed E-state index contributed by atoms with van der Waals surface area (Å²) in [4.78, 5) is 52.8. The maximum Gasteiger partial charge on any atom is 0.243 e. The van der Waals surface area contributed by atoms with E-state index in [9.17, 15) is 14.4 Å². The van der Waals surface area contributed by atoms with Crippen LogP contribution in [0.3, 0.4) is 0 Å². The Bertz CT molecular complexity index is 1950. The van der Waals surface area contributed by atoms with E-state index in [0.29, 0.717) is 23.0 Å². The minimum absolute atomic E-state index is 0.0172. The molecule has 1 atom stereocenters. The normalized spacial score (nSPS) is 18.3. The Morgan fingerprint density at radius 1 is 0.977 bits per heavy atom. The molecule has 0 spiro atoms. The third-order valence-corrected chi connectivity index (χ3v) is 8.92. The van der Waals surface area contributed by atoms with Crippen molar-refractivity contribution < 1.29 is 14.4 Å². The maximum absolute atomic E-state index is 13.9. The first-order valence-corrected chi connectivity index (χ1v) is 14.5. The van der Waals surface area contributed by atoms with Crippen LogP contribution in [0.5, 0.6) is 0 Å². The van der Waals surface area contributed by atoms with E-state index in [1.165, 1.54) is 11.9 Å². The Hall–Kier alpha value is -5.11. The van der Waals surface area contributed by atoms with Crippen molar-refractivity contribution in [1.82, 2.24) is 9.97 Å². The molecule has 0 fully saturated rings. The number of amides is 1. The summed E-state index contributed by atoms with van der Waals surface area (Å²) in [6, 6.07) is 19.5. The van der Waals surface area contributed by atoms with Gasteiger partial charge in [0.15, 0.2) is 17.4 Å². The zero-order valence-electron chi connectivity index (χ0n) is 24.3. The number of hydrogen-bond donors (Lipinski definition) is 1. The molecule has 43 heavy (non-hydrogen) atoms. The lowest BCUT2D eigenvalue weighted by Crippen LogP contribution is -2.57. The Kier molecular flexibility index (Phi) is 6.23. The summed E-state index contributed by atoms with van der Waals surface area (Å²) in [6.45, 7) is 6.52. The number of carbonyl (C=O) groups excluding carboxylic acids is 3. The van der Waals surface area contributed by atoms with Crippen molar-refractivity contribution in [2.24, 2.45) is 0 Å². The van der Waals surface area contributed by atoms with Crippen molar-refractivity contribution in [3.05, 3.63) is 100 Å². The zero-order valence-corrected chi connectivity index (χ0v) is 24.3. The summed E-state index contributed by atoms with van der Waals surface area (Å²) < 4.78 is 0. The Morgan fingerprint density at radius 2 is 1.74 bits per heavy atom. The molecule has 1 N–H and O–H groups in total. The predicted molar refractivity (Wildman–Crippen MR) is 167 cm³/mol. The molecule has 0 saturated carbocycles. The molecule has 1 unspecified atom stereocenters. The average Bonchev–Trinajstić information content (AvgIpc) is 3.38. The summed E-state index contributed by atoms with van der Waals surface area (Å²) in [6.07, 6.45) is 6.99. The van der Waals surface area contributed by atoms with E-state index < -0.39 is 5.54 Å². The van der Waals surface area contributed by atoms with Crippen LogP contribution in [0.2, 0.25) is 0 Å². The van der Waals surface area contributed by atoms with Gasteiger partial charge in [0.05, 0.1) is 19.4 Å². The van der Waals surface area contributed by atoms with Crippen LogP contribution in [-0.2, 0) is 15.1 Å². The molecule has 8 heteroatoms. The van der Waals surface area contributed by atoms with Gasteiger partial charge in [0.2, 0.25) is 5.91 Å². The first-order valence-electron chi connectivity index (χ1n) is 14.5. The van der Waals surface area contributed by atoms with Gasteiger partial charge in [0.25, 0.3) is 0 Å². The number of nitrogens with one attached hydrogen (secondary N) is 1. The number of rotatable bonds is 5. The lowest BCUT2D eigenvalue weighted by Gasteiger charge is -2.41. The van der Waals surface area contributed by atoms with Crippen LogP contribution in [-0.4, -0.2) is 40.7 Å². The topological polar surface area (TPSA) is 95.5 Å². The number of hydrogen-bond acceptors (Lipinski definition) is 7. The van der Waals surface area contributed by atoms with Crippen molar-refractivity contribution in [2.75, 3.05) is 28.3 Å². The molecule has 3 aromatic carbocycles. The molecule has 8 nitrogen and oxygen atoms in total. The van der Waals surface area contributed by atoms with Crippen LogP contribution >= 0.6 is 0 Å². The van der Waals surface area contributed by atoms with E-state index in [4.69, 9.17) is 0 Å². The molecule has 214 valence electrons. The monoisotopic (exact) mass is 569 g/mol. The van der Waals surface area contributed by atoms with E-state index in [1.54, 1.807) is 12.3 Å². The predicted octanol–water partition coefficient (Wildman–Crippen LogP) is 4.14. The molecule has 1 aliphatic heterocycles. The van der Waals surface area contributed by atoms with E-state index in [2.05, 4.69) is 29.1 Å². The van der Waals surface area contributed by atoms with Gasteiger partial charge in [-0.3, -0.25) is 14.4 Å². The number of anilines is 3. The lowest BCUT2D eigenvalue weighted by molar-refractivity contribution is -0.123. The van der Waals surface area contributed by atoms with Crippen LogP contribution in [0.1, 0.15) is 54.6 Å². The van der Waals surface area contributed by atoms with Gasteiger partial charge in [-0.25, -0.2) is 9.97 Å². The fourth-order valence-electron chi connectivity index (χ4n) is 6.53. The van der Waals surface area contributed by atoms with Crippen molar-refractivity contribution in [2.45, 2.75) is 38.6 Å². The fourth-order valence-corrected chi connectivity index (χ4v) is 6.53.